The second-order valence-corrected chi connectivity index (χ2v) is 6.40. The van der Waals surface area contributed by atoms with Crippen LogP contribution in [0.4, 0.5) is 5.69 Å². The van der Waals surface area contributed by atoms with E-state index in [9.17, 15) is 9.59 Å². The molecule has 2 amide bonds. The van der Waals surface area contributed by atoms with Gasteiger partial charge in [0.25, 0.3) is 5.91 Å². The number of benzene rings is 1. The van der Waals surface area contributed by atoms with Crippen LogP contribution in [0.1, 0.15) is 74.6 Å². The molecule has 0 bridgehead atoms. The summed E-state index contributed by atoms with van der Waals surface area (Å²) in [6.45, 7) is 0.530. The van der Waals surface area contributed by atoms with Crippen LogP contribution in [0, 0.1) is 0 Å². The maximum atomic E-state index is 12.7. The van der Waals surface area contributed by atoms with E-state index in [-0.39, 0.29) is 11.8 Å². The highest BCUT2D eigenvalue weighted by atomic mass is 16.2. The van der Waals surface area contributed by atoms with E-state index in [1.54, 1.807) is 24.3 Å². The molecule has 2 rings (SSSR count). The van der Waals surface area contributed by atoms with E-state index in [1.807, 2.05) is 0 Å². The molecule has 1 fully saturated rings. The summed E-state index contributed by atoms with van der Waals surface area (Å²) >= 11 is 0. The van der Waals surface area contributed by atoms with E-state index in [0.29, 0.717) is 24.2 Å². The number of rotatable bonds is 1. The van der Waals surface area contributed by atoms with Crippen molar-refractivity contribution < 1.29 is 9.59 Å². The summed E-state index contributed by atoms with van der Waals surface area (Å²) < 4.78 is 0. The normalized spacial score (nSPS) is 18.6. The van der Waals surface area contributed by atoms with Crippen molar-refractivity contribution in [1.82, 2.24) is 4.90 Å². The first-order valence-corrected chi connectivity index (χ1v) is 8.89. The van der Waals surface area contributed by atoms with Crippen LogP contribution in [0.2, 0.25) is 0 Å². The maximum absolute atomic E-state index is 12.7. The van der Waals surface area contributed by atoms with Crippen molar-refractivity contribution in [3.8, 4) is 0 Å². The van der Waals surface area contributed by atoms with Crippen molar-refractivity contribution in [2.45, 2.75) is 64.2 Å². The second kappa shape index (κ2) is 9.33. The van der Waals surface area contributed by atoms with Crippen LogP contribution in [0.15, 0.2) is 24.3 Å². The van der Waals surface area contributed by atoms with Crippen molar-refractivity contribution >= 4 is 17.5 Å². The van der Waals surface area contributed by atoms with Gasteiger partial charge in [-0.1, -0.05) is 44.9 Å². The monoisotopic (exact) mass is 316 g/mol. The molecule has 1 heterocycles. The molecule has 126 valence electrons. The summed E-state index contributed by atoms with van der Waals surface area (Å²) in [6, 6.07) is 6.81. The van der Waals surface area contributed by atoms with Crippen molar-refractivity contribution in [3.05, 3.63) is 29.8 Å². The Hall–Kier alpha value is -1.84. The second-order valence-electron chi connectivity index (χ2n) is 6.40. The molecule has 1 aliphatic rings. The molecule has 1 aliphatic heterocycles. The van der Waals surface area contributed by atoms with E-state index < -0.39 is 0 Å². The minimum atomic E-state index is -0.190. The molecule has 4 nitrogen and oxygen atoms in total. The van der Waals surface area contributed by atoms with Gasteiger partial charge in [0.2, 0.25) is 5.91 Å². The summed E-state index contributed by atoms with van der Waals surface area (Å²) in [7, 11) is 0. The van der Waals surface area contributed by atoms with Crippen molar-refractivity contribution in [1.29, 1.82) is 0 Å². The average molecular weight is 316 g/mol. The van der Waals surface area contributed by atoms with Gasteiger partial charge in [-0.15, -0.1) is 0 Å². The highest BCUT2D eigenvalue weighted by Crippen LogP contribution is 2.16. The lowest BCUT2D eigenvalue weighted by Gasteiger charge is -2.21. The van der Waals surface area contributed by atoms with Gasteiger partial charge >= 0.3 is 0 Å². The predicted molar refractivity (Wildman–Crippen MR) is 93.1 cm³/mol. The molecule has 0 aliphatic carbocycles. The fourth-order valence-corrected chi connectivity index (χ4v) is 3.04. The molecular formula is C19H28N2O2. The number of hydrogen-bond donors (Lipinski definition) is 1. The third-order valence-corrected chi connectivity index (χ3v) is 4.48. The van der Waals surface area contributed by atoms with E-state index in [2.05, 4.69) is 0 Å². The Morgan fingerprint density at radius 1 is 0.826 bits per heavy atom. The molecule has 0 unspecified atom stereocenters. The zero-order valence-electron chi connectivity index (χ0n) is 13.9. The van der Waals surface area contributed by atoms with E-state index in [1.165, 1.54) is 37.0 Å². The minimum Gasteiger partial charge on any atom is -0.399 e. The molecule has 0 saturated carbocycles. The predicted octanol–water partition coefficient (Wildman–Crippen LogP) is 4.15. The number of imide groups is 1. The van der Waals surface area contributed by atoms with Gasteiger partial charge in [-0.3, -0.25) is 14.5 Å². The average Bonchev–Trinajstić information content (AvgIpc) is 2.57. The molecule has 1 aromatic rings. The molecule has 0 radical (unpaired) electrons. The standard InChI is InChI=1S/C19H28N2O2/c20-17-13-11-16(12-14-17)19(23)21-15-9-7-5-3-1-2-4-6-8-10-18(21)22/h11-14H,1-10,15,20H2. The number of anilines is 1. The molecule has 0 aromatic heterocycles. The van der Waals surface area contributed by atoms with E-state index in [4.69, 9.17) is 5.73 Å². The highest BCUT2D eigenvalue weighted by Gasteiger charge is 2.22. The van der Waals surface area contributed by atoms with Gasteiger partial charge in [0.15, 0.2) is 0 Å². The summed E-state index contributed by atoms with van der Waals surface area (Å²) in [5.41, 5.74) is 6.83. The van der Waals surface area contributed by atoms with Crippen LogP contribution in [-0.4, -0.2) is 23.3 Å². The first-order valence-electron chi connectivity index (χ1n) is 8.89. The van der Waals surface area contributed by atoms with Crippen molar-refractivity contribution in [2.75, 3.05) is 12.3 Å². The van der Waals surface area contributed by atoms with Gasteiger partial charge in [-0.05, 0) is 37.1 Å². The number of amides is 2. The topological polar surface area (TPSA) is 63.4 Å². The van der Waals surface area contributed by atoms with Crippen molar-refractivity contribution in [2.24, 2.45) is 0 Å². The largest absolute Gasteiger partial charge is 0.399 e. The lowest BCUT2D eigenvalue weighted by molar-refractivity contribution is -0.128. The fraction of sp³-hybridized carbons (Fsp3) is 0.579. The van der Waals surface area contributed by atoms with Crippen LogP contribution in [-0.2, 0) is 4.79 Å². The molecule has 4 heteroatoms. The number of nitrogens with two attached hydrogens (primary N) is 1. The van der Waals surface area contributed by atoms with E-state index in [0.717, 1.165) is 25.7 Å². The summed E-state index contributed by atoms with van der Waals surface area (Å²) in [5.74, 6) is -0.226. The third-order valence-electron chi connectivity index (χ3n) is 4.48. The number of carbonyl (C=O) groups excluding carboxylic acids is 2. The minimum absolute atomic E-state index is 0.0360. The highest BCUT2D eigenvalue weighted by molar-refractivity contribution is 6.04. The lowest BCUT2D eigenvalue weighted by Crippen LogP contribution is -2.37. The smallest absolute Gasteiger partial charge is 0.260 e. The first kappa shape index (κ1) is 17.5. The molecule has 23 heavy (non-hydrogen) atoms. The first-order chi connectivity index (χ1) is 11.2. The molecule has 2 N–H and O–H groups in total. The number of nitrogen functional groups attached to an aromatic ring is 1. The summed E-state index contributed by atoms with van der Waals surface area (Å²) in [4.78, 5) is 26.6. The Labute approximate surface area is 139 Å². The molecule has 1 aromatic carbocycles. The van der Waals surface area contributed by atoms with Gasteiger partial charge in [0.05, 0.1) is 0 Å². The van der Waals surface area contributed by atoms with Gasteiger partial charge in [-0.25, -0.2) is 0 Å². The Kier molecular flexibility index (Phi) is 7.11. The van der Waals surface area contributed by atoms with Crippen LogP contribution in [0.5, 0.6) is 0 Å². The third kappa shape index (κ3) is 5.70. The number of carbonyl (C=O) groups is 2. The van der Waals surface area contributed by atoms with Crippen LogP contribution < -0.4 is 5.73 Å². The van der Waals surface area contributed by atoms with Crippen LogP contribution in [0.3, 0.4) is 0 Å². The molecule has 0 atom stereocenters. The Bertz CT molecular complexity index is 511. The van der Waals surface area contributed by atoms with E-state index >= 15 is 0 Å². The van der Waals surface area contributed by atoms with Crippen molar-refractivity contribution in [3.63, 3.8) is 0 Å². The van der Waals surface area contributed by atoms with Gasteiger partial charge in [-0.2, -0.15) is 0 Å². The Morgan fingerprint density at radius 3 is 1.96 bits per heavy atom. The van der Waals surface area contributed by atoms with Crippen LogP contribution >= 0.6 is 0 Å². The number of hydrogen-bond acceptors (Lipinski definition) is 3. The lowest BCUT2D eigenvalue weighted by atomic mass is 10.1. The summed E-state index contributed by atoms with van der Waals surface area (Å²) in [6.07, 6.45) is 10.6. The maximum Gasteiger partial charge on any atom is 0.260 e. The number of nitrogens with zero attached hydrogens (tertiary/aromatic N) is 1. The molecular weight excluding hydrogens is 288 g/mol. The van der Waals surface area contributed by atoms with Gasteiger partial charge in [0.1, 0.15) is 0 Å². The fourth-order valence-electron chi connectivity index (χ4n) is 3.04. The quantitative estimate of drug-likeness (QED) is 0.625. The van der Waals surface area contributed by atoms with Crippen LogP contribution in [0.25, 0.3) is 0 Å². The van der Waals surface area contributed by atoms with Gasteiger partial charge in [0, 0.05) is 24.2 Å². The zero-order valence-corrected chi connectivity index (χ0v) is 13.9. The van der Waals surface area contributed by atoms with Gasteiger partial charge < -0.3 is 5.73 Å². The Balaban J connectivity index is 2.05. The summed E-state index contributed by atoms with van der Waals surface area (Å²) in [5, 5.41) is 0. The zero-order chi connectivity index (χ0) is 16.5. The Morgan fingerprint density at radius 2 is 1.35 bits per heavy atom. The molecule has 1 saturated heterocycles. The molecule has 0 spiro atoms. The SMILES string of the molecule is Nc1ccc(C(=O)N2CCCCCCCCCCCC2=O)cc1.